The highest BCUT2D eigenvalue weighted by atomic mass is 14.5. The van der Waals surface area contributed by atoms with Gasteiger partial charge in [0.2, 0.25) is 0 Å². The molecule has 1 fully saturated rings. The molecule has 4 unspecified atom stereocenters. The van der Waals surface area contributed by atoms with E-state index < -0.39 is 0 Å². The van der Waals surface area contributed by atoms with Crippen molar-refractivity contribution in [3.8, 4) is 0 Å². The van der Waals surface area contributed by atoms with Gasteiger partial charge in [0.15, 0.2) is 0 Å². The minimum Gasteiger partial charge on any atom is -0.130 e. The monoisotopic (exact) mass is 807 g/mol. The molecular formula is C60H86. The van der Waals surface area contributed by atoms with Gasteiger partial charge in [-0.15, -0.1) is 17.2 Å². The summed E-state index contributed by atoms with van der Waals surface area (Å²) in [5, 5.41) is 0. The maximum absolute atomic E-state index is 4.90. The lowest BCUT2D eigenvalue weighted by Gasteiger charge is -2.45. The highest BCUT2D eigenvalue weighted by Crippen LogP contribution is 2.53. The van der Waals surface area contributed by atoms with Crippen molar-refractivity contribution in [1.82, 2.24) is 0 Å². The zero-order valence-corrected chi connectivity index (χ0v) is 41.5. The molecule has 0 amide bonds. The van der Waals surface area contributed by atoms with E-state index in [0.717, 1.165) is 103 Å². The summed E-state index contributed by atoms with van der Waals surface area (Å²) >= 11 is 0. The summed E-state index contributed by atoms with van der Waals surface area (Å²) in [6, 6.07) is 0. The molecule has 4 atom stereocenters. The standard InChI is InChI=1S/C58H80.C2H6/c1-22-31-49-39-55(14,15)35-30-34-43(10)57(18,19)53(37-47(26-5)27-6)45(12)51(33-24-3)41-56(16,17)40-50(32-23-2)44(11)52(36-42(9)25-4)58(20,21)54(46(49)13)38-48(28-7)29-8;1-2/h43,52-54H,1-5,7,11-13,27,29-30,34-41H2,6,8-10,14-21H3;1-2H3. The van der Waals surface area contributed by atoms with Crippen molar-refractivity contribution in [3.63, 3.8) is 0 Å². The average Bonchev–Trinajstić information content (AvgIpc) is 3.19. The Labute approximate surface area is 372 Å². The normalized spacial score (nSPS) is 23.1. The molecule has 1 rings (SSSR count). The van der Waals surface area contributed by atoms with Gasteiger partial charge in [0.1, 0.15) is 0 Å². The Hall–Kier alpha value is -4.32. The van der Waals surface area contributed by atoms with Crippen LogP contribution in [0.4, 0.5) is 0 Å². The van der Waals surface area contributed by atoms with Crippen molar-refractivity contribution >= 4 is 0 Å². The first-order valence-electron chi connectivity index (χ1n) is 22.6. The van der Waals surface area contributed by atoms with Gasteiger partial charge < -0.3 is 0 Å². The van der Waals surface area contributed by atoms with Crippen molar-refractivity contribution in [2.75, 3.05) is 0 Å². The van der Waals surface area contributed by atoms with Gasteiger partial charge in [-0.05, 0) is 163 Å². The van der Waals surface area contributed by atoms with Crippen LogP contribution in [0.25, 0.3) is 0 Å². The maximum atomic E-state index is 4.90. The third-order valence-electron chi connectivity index (χ3n) is 13.6. The second-order valence-corrected chi connectivity index (χ2v) is 19.7. The topological polar surface area (TPSA) is 0 Å². The van der Waals surface area contributed by atoms with Gasteiger partial charge >= 0.3 is 0 Å². The van der Waals surface area contributed by atoms with Crippen molar-refractivity contribution in [1.29, 1.82) is 0 Å². The van der Waals surface area contributed by atoms with Gasteiger partial charge in [0.05, 0.1) is 0 Å². The fraction of sp³-hybridized carbons (Fsp3) is 0.550. The summed E-state index contributed by atoms with van der Waals surface area (Å²) in [5.74, 6) is 0.566. The largest absolute Gasteiger partial charge is 0.130 e. The molecule has 0 saturated heterocycles. The highest BCUT2D eigenvalue weighted by molar-refractivity contribution is 5.39. The molecule has 1 saturated carbocycles. The smallest absolute Gasteiger partial charge is 0.00583 e. The molecule has 0 spiro atoms. The van der Waals surface area contributed by atoms with E-state index in [4.69, 9.17) is 19.7 Å². The molecule has 0 aliphatic heterocycles. The lowest BCUT2D eigenvalue weighted by atomic mass is 9.58. The molecule has 0 aromatic heterocycles. The van der Waals surface area contributed by atoms with E-state index >= 15 is 0 Å². The Morgan fingerprint density at radius 1 is 0.550 bits per heavy atom. The van der Waals surface area contributed by atoms with Gasteiger partial charge in [-0.1, -0.05) is 177 Å². The Morgan fingerprint density at radius 2 is 0.900 bits per heavy atom. The van der Waals surface area contributed by atoms with Gasteiger partial charge in [0, 0.05) is 16.7 Å². The molecule has 0 radical (unpaired) electrons. The van der Waals surface area contributed by atoms with Gasteiger partial charge in [-0.25, -0.2) is 0 Å². The lowest BCUT2D eigenvalue weighted by molar-refractivity contribution is 0.134. The minimum atomic E-state index is -0.352. The van der Waals surface area contributed by atoms with Crippen molar-refractivity contribution in [2.24, 2.45) is 45.3 Å². The molecule has 1 aliphatic rings. The van der Waals surface area contributed by atoms with Gasteiger partial charge in [-0.2, -0.15) is 0 Å². The summed E-state index contributed by atoms with van der Waals surface area (Å²) in [4.78, 5) is 0. The molecule has 60 heavy (non-hydrogen) atoms. The zero-order chi connectivity index (χ0) is 46.6. The first kappa shape index (κ1) is 55.7. The van der Waals surface area contributed by atoms with Crippen LogP contribution in [0.3, 0.4) is 0 Å². The van der Waals surface area contributed by atoms with E-state index in [0.29, 0.717) is 12.3 Å². The minimum absolute atomic E-state index is 0.0145. The molecule has 0 bridgehead atoms. The molecule has 0 aromatic rings. The number of hydrogen-bond donors (Lipinski definition) is 0. The third kappa shape index (κ3) is 15.9. The summed E-state index contributed by atoms with van der Waals surface area (Å²) in [6.45, 7) is 70.8. The predicted molar refractivity (Wildman–Crippen MR) is 268 cm³/mol. The first-order valence-corrected chi connectivity index (χ1v) is 22.6. The molecule has 326 valence electrons. The number of rotatable bonds is 8. The molecule has 0 aromatic carbocycles. The molecule has 1 aliphatic carbocycles. The van der Waals surface area contributed by atoms with Crippen LogP contribution in [-0.4, -0.2) is 0 Å². The summed E-state index contributed by atoms with van der Waals surface area (Å²) in [5.41, 5.74) is 38.4. The lowest BCUT2D eigenvalue weighted by Crippen LogP contribution is -2.36. The highest BCUT2D eigenvalue weighted by Gasteiger charge is 2.43. The van der Waals surface area contributed by atoms with Crippen LogP contribution in [0.15, 0.2) is 161 Å². The van der Waals surface area contributed by atoms with Crippen molar-refractivity contribution < 1.29 is 0 Å². The average molecular weight is 807 g/mol. The van der Waals surface area contributed by atoms with Gasteiger partial charge in [0.25, 0.3) is 0 Å². The summed E-state index contributed by atoms with van der Waals surface area (Å²) < 4.78 is 0. The summed E-state index contributed by atoms with van der Waals surface area (Å²) in [7, 11) is 0. The molecule has 0 heterocycles. The van der Waals surface area contributed by atoms with Gasteiger partial charge in [-0.3, -0.25) is 0 Å². The second-order valence-electron chi connectivity index (χ2n) is 19.7. The molecule has 0 nitrogen and oxygen atoms in total. The SMILES string of the molecule is C=C=C=C1CC(C)(C)CC(=C=C=C)C(=C)C(CC(C)=C=C)C(C)(C)C(CC(=C=C)CC)C(=C)C(=C=C=C)CC(C)(C)CCCC(C)C(C)(C)C(CC(=C=C)CC)C1=C.CC. The van der Waals surface area contributed by atoms with Crippen LogP contribution < -0.4 is 0 Å². The number of allylic oxidation sites excluding steroid dienone is 9. The van der Waals surface area contributed by atoms with E-state index in [-0.39, 0.29) is 39.4 Å². The third-order valence-corrected chi connectivity index (χ3v) is 13.6. The summed E-state index contributed by atoms with van der Waals surface area (Å²) in [6.07, 6.45) is 9.62. The zero-order valence-electron chi connectivity index (χ0n) is 41.5. The Morgan fingerprint density at radius 3 is 1.23 bits per heavy atom. The van der Waals surface area contributed by atoms with Crippen LogP contribution in [0, 0.1) is 45.3 Å². The van der Waals surface area contributed by atoms with Crippen molar-refractivity contribution in [3.05, 3.63) is 161 Å². The van der Waals surface area contributed by atoms with E-state index in [1.54, 1.807) is 0 Å². The fourth-order valence-electron chi connectivity index (χ4n) is 9.16. The van der Waals surface area contributed by atoms with E-state index in [9.17, 15) is 0 Å². The Balaban J connectivity index is 0.0000171. The first-order chi connectivity index (χ1) is 28.0. The molecule has 0 heteroatoms. The van der Waals surface area contributed by atoms with E-state index in [1.807, 2.05) is 13.8 Å². The van der Waals surface area contributed by atoms with E-state index in [1.165, 1.54) is 11.1 Å². The predicted octanol–water partition coefficient (Wildman–Crippen LogP) is 18.4. The fourth-order valence-corrected chi connectivity index (χ4v) is 9.16. The Bertz CT molecular complexity index is 1980. The molecular weight excluding hydrogens is 721 g/mol. The quantitative estimate of drug-likeness (QED) is 0.214. The number of hydrogen-bond acceptors (Lipinski definition) is 0. The molecule has 0 N–H and O–H groups in total. The van der Waals surface area contributed by atoms with Crippen LogP contribution in [-0.2, 0) is 0 Å². The van der Waals surface area contributed by atoms with E-state index in [2.05, 4.69) is 174 Å². The van der Waals surface area contributed by atoms with Crippen LogP contribution >= 0.6 is 0 Å². The maximum Gasteiger partial charge on any atom is 0.00583 e. The second kappa shape index (κ2) is 25.5. The van der Waals surface area contributed by atoms with Crippen LogP contribution in [0.2, 0.25) is 0 Å². The Kier molecular flexibility index (Phi) is 23.6. The van der Waals surface area contributed by atoms with Crippen LogP contribution in [0.1, 0.15) is 168 Å². The van der Waals surface area contributed by atoms with Crippen LogP contribution in [0.5, 0.6) is 0 Å². The van der Waals surface area contributed by atoms with Crippen molar-refractivity contribution in [2.45, 2.75) is 168 Å².